The van der Waals surface area contributed by atoms with Crippen molar-refractivity contribution in [3.8, 4) is 0 Å². The van der Waals surface area contributed by atoms with Crippen molar-refractivity contribution in [3.63, 3.8) is 0 Å². The Morgan fingerprint density at radius 3 is 3.08 bits per heavy atom. The smallest absolute Gasteiger partial charge is 0.113 e. The van der Waals surface area contributed by atoms with Gasteiger partial charge in [0.25, 0.3) is 0 Å². The van der Waals surface area contributed by atoms with E-state index in [-0.39, 0.29) is 0 Å². The summed E-state index contributed by atoms with van der Waals surface area (Å²) in [5, 5.41) is 3.31. The molecule has 1 rings (SSSR count). The first kappa shape index (κ1) is 10.3. The van der Waals surface area contributed by atoms with Crippen molar-refractivity contribution in [3.05, 3.63) is 12.2 Å². The SMILES string of the molecule is C=C(C)CCN1CCNCC1=NC. The van der Waals surface area contributed by atoms with E-state index in [1.165, 1.54) is 11.4 Å². The summed E-state index contributed by atoms with van der Waals surface area (Å²) in [5.41, 5.74) is 1.24. The third kappa shape index (κ3) is 3.19. The fraction of sp³-hybridized carbons (Fsp3) is 0.700. The van der Waals surface area contributed by atoms with Crippen LogP contribution < -0.4 is 5.32 Å². The van der Waals surface area contributed by atoms with Crippen LogP contribution in [0.25, 0.3) is 0 Å². The van der Waals surface area contributed by atoms with Crippen LogP contribution >= 0.6 is 0 Å². The van der Waals surface area contributed by atoms with Crippen molar-refractivity contribution >= 4 is 5.84 Å². The maximum Gasteiger partial charge on any atom is 0.113 e. The highest BCUT2D eigenvalue weighted by Gasteiger charge is 2.13. The Morgan fingerprint density at radius 2 is 2.46 bits per heavy atom. The average molecular weight is 181 g/mol. The van der Waals surface area contributed by atoms with Crippen LogP contribution in [0.1, 0.15) is 13.3 Å². The standard InChI is InChI=1S/C10H19N3/c1-9(2)4-6-13-7-5-12-8-10(13)11-3/h12H,1,4-8H2,2-3H3. The van der Waals surface area contributed by atoms with Gasteiger partial charge in [-0.2, -0.15) is 0 Å². The molecule has 0 unspecified atom stereocenters. The second-order valence-corrected chi connectivity index (χ2v) is 3.51. The van der Waals surface area contributed by atoms with Crippen LogP contribution in [0.4, 0.5) is 0 Å². The number of hydrogen-bond acceptors (Lipinski definition) is 2. The van der Waals surface area contributed by atoms with E-state index in [1.807, 2.05) is 7.05 Å². The minimum absolute atomic E-state index is 0.909. The molecule has 0 aromatic carbocycles. The first-order valence-corrected chi connectivity index (χ1v) is 4.79. The van der Waals surface area contributed by atoms with Crippen molar-refractivity contribution in [1.82, 2.24) is 10.2 Å². The summed E-state index contributed by atoms with van der Waals surface area (Å²) in [4.78, 5) is 6.60. The third-order valence-corrected chi connectivity index (χ3v) is 2.27. The Bertz CT molecular complexity index is 208. The van der Waals surface area contributed by atoms with Crippen LogP contribution in [-0.4, -0.2) is 44.0 Å². The molecule has 0 amide bonds. The zero-order valence-electron chi connectivity index (χ0n) is 8.64. The largest absolute Gasteiger partial charge is 0.358 e. The summed E-state index contributed by atoms with van der Waals surface area (Å²) >= 11 is 0. The number of aliphatic imine (C=N–C) groups is 1. The van der Waals surface area contributed by atoms with E-state index >= 15 is 0 Å². The number of piperazine rings is 1. The molecule has 1 heterocycles. The van der Waals surface area contributed by atoms with Crippen LogP contribution in [-0.2, 0) is 0 Å². The predicted molar refractivity (Wildman–Crippen MR) is 57.2 cm³/mol. The molecule has 1 fully saturated rings. The van der Waals surface area contributed by atoms with E-state index in [9.17, 15) is 0 Å². The van der Waals surface area contributed by atoms with Crippen LogP contribution in [0.3, 0.4) is 0 Å². The third-order valence-electron chi connectivity index (χ3n) is 2.27. The Balaban J connectivity index is 2.41. The van der Waals surface area contributed by atoms with Gasteiger partial charge in [-0.25, -0.2) is 0 Å². The quantitative estimate of drug-likeness (QED) is 0.655. The second kappa shape index (κ2) is 5.02. The molecular formula is C10H19N3. The average Bonchev–Trinajstić information content (AvgIpc) is 2.15. The molecule has 3 nitrogen and oxygen atoms in total. The first-order valence-electron chi connectivity index (χ1n) is 4.79. The van der Waals surface area contributed by atoms with E-state index in [0.29, 0.717) is 0 Å². The van der Waals surface area contributed by atoms with E-state index in [4.69, 9.17) is 0 Å². The van der Waals surface area contributed by atoms with Gasteiger partial charge in [0.15, 0.2) is 0 Å². The van der Waals surface area contributed by atoms with Gasteiger partial charge in [0.2, 0.25) is 0 Å². The van der Waals surface area contributed by atoms with Gasteiger partial charge in [-0.3, -0.25) is 4.99 Å². The van der Waals surface area contributed by atoms with E-state index in [2.05, 4.69) is 28.7 Å². The van der Waals surface area contributed by atoms with Gasteiger partial charge in [0.05, 0.1) is 6.54 Å². The molecule has 0 saturated carbocycles. The van der Waals surface area contributed by atoms with Gasteiger partial charge in [-0.05, 0) is 13.3 Å². The Labute approximate surface area is 80.5 Å². The number of hydrogen-bond donors (Lipinski definition) is 1. The van der Waals surface area contributed by atoms with Gasteiger partial charge in [-0.1, -0.05) is 5.57 Å². The molecule has 1 N–H and O–H groups in total. The Morgan fingerprint density at radius 1 is 1.69 bits per heavy atom. The van der Waals surface area contributed by atoms with Crippen molar-refractivity contribution in [1.29, 1.82) is 0 Å². The van der Waals surface area contributed by atoms with E-state index in [1.54, 1.807) is 0 Å². The topological polar surface area (TPSA) is 27.6 Å². The molecule has 13 heavy (non-hydrogen) atoms. The summed E-state index contributed by atoms with van der Waals surface area (Å²) in [7, 11) is 1.86. The fourth-order valence-corrected chi connectivity index (χ4v) is 1.44. The molecule has 74 valence electrons. The number of rotatable bonds is 3. The van der Waals surface area contributed by atoms with Crippen LogP contribution in [0.2, 0.25) is 0 Å². The molecule has 1 saturated heterocycles. The zero-order valence-corrected chi connectivity index (χ0v) is 8.64. The highest BCUT2D eigenvalue weighted by Crippen LogP contribution is 2.02. The lowest BCUT2D eigenvalue weighted by atomic mass is 10.2. The summed E-state index contributed by atoms with van der Waals surface area (Å²) in [6.07, 6.45) is 1.07. The molecule has 0 aliphatic carbocycles. The van der Waals surface area contributed by atoms with Crippen LogP contribution in [0.5, 0.6) is 0 Å². The lowest BCUT2D eigenvalue weighted by Gasteiger charge is -2.30. The second-order valence-electron chi connectivity index (χ2n) is 3.51. The molecule has 1 aliphatic rings. The molecule has 3 heteroatoms. The minimum atomic E-state index is 0.909. The Kier molecular flexibility index (Phi) is 3.96. The lowest BCUT2D eigenvalue weighted by molar-refractivity contribution is 0.382. The maximum atomic E-state index is 4.26. The molecule has 0 aromatic heterocycles. The summed E-state index contributed by atoms with van der Waals surface area (Å²) < 4.78 is 0. The van der Waals surface area contributed by atoms with Crippen molar-refractivity contribution in [2.24, 2.45) is 4.99 Å². The van der Waals surface area contributed by atoms with Gasteiger partial charge >= 0.3 is 0 Å². The molecule has 1 aliphatic heterocycles. The summed E-state index contributed by atoms with van der Waals surface area (Å²) in [5.74, 6) is 1.17. The molecule has 0 aromatic rings. The number of nitrogens with zero attached hydrogens (tertiary/aromatic N) is 2. The highest BCUT2D eigenvalue weighted by atomic mass is 15.2. The van der Waals surface area contributed by atoms with Gasteiger partial charge < -0.3 is 10.2 Å². The minimum Gasteiger partial charge on any atom is -0.358 e. The van der Waals surface area contributed by atoms with Crippen LogP contribution in [0.15, 0.2) is 17.1 Å². The number of nitrogens with one attached hydrogen (secondary N) is 1. The molecule has 0 radical (unpaired) electrons. The molecule has 0 spiro atoms. The number of amidine groups is 1. The van der Waals surface area contributed by atoms with Gasteiger partial charge in [0, 0.05) is 26.7 Å². The van der Waals surface area contributed by atoms with Crippen molar-refractivity contribution < 1.29 is 0 Å². The molecule has 0 bridgehead atoms. The monoisotopic (exact) mass is 181 g/mol. The molecular weight excluding hydrogens is 162 g/mol. The Hall–Kier alpha value is -0.830. The van der Waals surface area contributed by atoms with Crippen molar-refractivity contribution in [2.45, 2.75) is 13.3 Å². The predicted octanol–water partition coefficient (Wildman–Crippen LogP) is 0.886. The first-order chi connectivity index (χ1) is 6.24. The van der Waals surface area contributed by atoms with Crippen molar-refractivity contribution in [2.75, 3.05) is 33.2 Å². The maximum absolute atomic E-state index is 4.26. The zero-order chi connectivity index (χ0) is 9.68. The molecule has 0 atom stereocenters. The fourth-order valence-electron chi connectivity index (χ4n) is 1.44. The highest BCUT2D eigenvalue weighted by molar-refractivity contribution is 5.84. The summed E-state index contributed by atoms with van der Waals surface area (Å²) in [6.45, 7) is 10.1. The van der Waals surface area contributed by atoms with Crippen LogP contribution in [0, 0.1) is 0 Å². The van der Waals surface area contributed by atoms with Gasteiger partial charge in [0.1, 0.15) is 5.84 Å². The summed E-state index contributed by atoms with van der Waals surface area (Å²) in [6, 6.07) is 0. The lowest BCUT2D eigenvalue weighted by Crippen LogP contribution is -2.48. The normalized spacial score (nSPS) is 20.8. The van der Waals surface area contributed by atoms with Gasteiger partial charge in [-0.15, -0.1) is 6.58 Å². The van der Waals surface area contributed by atoms with E-state index in [0.717, 1.165) is 32.6 Å². The van der Waals surface area contributed by atoms with E-state index < -0.39 is 0 Å².